The molecule has 2 aromatic rings. The van der Waals surface area contributed by atoms with Crippen molar-refractivity contribution in [3.63, 3.8) is 0 Å². The molecule has 3 rings (SSSR count). The van der Waals surface area contributed by atoms with Gasteiger partial charge in [-0.05, 0) is 43.1 Å². The Bertz CT molecular complexity index is 603. The van der Waals surface area contributed by atoms with Crippen molar-refractivity contribution in [1.82, 2.24) is 9.88 Å². The van der Waals surface area contributed by atoms with E-state index in [1.807, 2.05) is 0 Å². The number of hydrogen-bond acceptors (Lipinski definition) is 2. The predicted octanol–water partition coefficient (Wildman–Crippen LogP) is 3.30. The third kappa shape index (κ3) is 3.48. The van der Waals surface area contributed by atoms with Crippen LogP contribution in [0.25, 0.3) is 0 Å². The smallest absolute Gasteiger partial charge is 0.123 e. The van der Waals surface area contributed by atoms with Crippen LogP contribution in [-0.4, -0.2) is 17.2 Å². The average molecular weight is 284 g/mol. The highest BCUT2D eigenvalue weighted by Crippen LogP contribution is 2.30. The number of aryl methyl sites for hydroxylation is 1. The molecule has 1 aromatic carbocycles. The summed E-state index contributed by atoms with van der Waals surface area (Å²) in [6, 6.07) is 8.65. The molecule has 1 aliphatic heterocycles. The molecule has 112 valence electrons. The van der Waals surface area contributed by atoms with Crippen LogP contribution in [-0.2, 0) is 19.5 Å². The molecular formula is C18H24N2O. The minimum absolute atomic E-state index is 0.255. The first-order valence-corrected chi connectivity index (χ1v) is 7.86. The standard InChI is InChI=1S/C18H24N2O/c1-3-7-19-11-15-6-8-20(12-15)13-17-10-16-9-14(2)4-5-18(16)21-17/h4-6,8-9,12,17,19H,3,7,10-11,13H2,1-2H3. The number of rotatable bonds is 6. The van der Waals surface area contributed by atoms with Gasteiger partial charge in [-0.3, -0.25) is 0 Å². The maximum atomic E-state index is 6.04. The third-order valence-corrected chi connectivity index (χ3v) is 3.94. The van der Waals surface area contributed by atoms with Crippen molar-refractivity contribution >= 4 is 0 Å². The Balaban J connectivity index is 1.56. The zero-order valence-corrected chi connectivity index (χ0v) is 12.9. The van der Waals surface area contributed by atoms with Gasteiger partial charge in [-0.15, -0.1) is 0 Å². The first-order valence-electron chi connectivity index (χ1n) is 7.86. The SMILES string of the molecule is CCCNCc1ccn(CC2Cc3cc(C)ccc3O2)c1. The molecule has 0 radical (unpaired) electrons. The molecule has 0 fully saturated rings. The van der Waals surface area contributed by atoms with Crippen molar-refractivity contribution in [2.75, 3.05) is 6.54 Å². The second-order valence-corrected chi connectivity index (χ2v) is 5.95. The summed E-state index contributed by atoms with van der Waals surface area (Å²) >= 11 is 0. The van der Waals surface area contributed by atoms with Crippen LogP contribution >= 0.6 is 0 Å². The summed E-state index contributed by atoms with van der Waals surface area (Å²) in [6.07, 6.45) is 6.82. The zero-order chi connectivity index (χ0) is 14.7. The Morgan fingerprint density at radius 2 is 2.24 bits per heavy atom. The molecule has 0 saturated carbocycles. The van der Waals surface area contributed by atoms with Gasteiger partial charge in [-0.2, -0.15) is 0 Å². The number of ether oxygens (including phenoxy) is 1. The van der Waals surface area contributed by atoms with Gasteiger partial charge in [0.25, 0.3) is 0 Å². The van der Waals surface area contributed by atoms with E-state index >= 15 is 0 Å². The lowest BCUT2D eigenvalue weighted by Crippen LogP contribution is -2.20. The summed E-state index contributed by atoms with van der Waals surface area (Å²) in [5.41, 5.74) is 4.00. The van der Waals surface area contributed by atoms with Gasteiger partial charge in [0.15, 0.2) is 0 Å². The summed E-state index contributed by atoms with van der Waals surface area (Å²) in [4.78, 5) is 0. The lowest BCUT2D eigenvalue weighted by atomic mass is 10.1. The summed E-state index contributed by atoms with van der Waals surface area (Å²) in [5.74, 6) is 1.06. The van der Waals surface area contributed by atoms with Gasteiger partial charge in [0.1, 0.15) is 11.9 Å². The Labute approximate surface area is 126 Å². The quantitative estimate of drug-likeness (QED) is 0.824. The van der Waals surface area contributed by atoms with E-state index in [2.05, 4.69) is 60.4 Å². The van der Waals surface area contributed by atoms with E-state index in [0.717, 1.165) is 31.8 Å². The van der Waals surface area contributed by atoms with Crippen LogP contribution in [0.5, 0.6) is 5.75 Å². The van der Waals surface area contributed by atoms with E-state index in [4.69, 9.17) is 4.74 Å². The van der Waals surface area contributed by atoms with Crippen LogP contribution in [0.4, 0.5) is 0 Å². The largest absolute Gasteiger partial charge is 0.488 e. The van der Waals surface area contributed by atoms with Crippen LogP contribution in [0.15, 0.2) is 36.7 Å². The predicted molar refractivity (Wildman–Crippen MR) is 85.7 cm³/mol. The Morgan fingerprint density at radius 3 is 3.10 bits per heavy atom. The van der Waals surface area contributed by atoms with Crippen molar-refractivity contribution < 1.29 is 4.74 Å². The maximum absolute atomic E-state index is 6.04. The first-order chi connectivity index (χ1) is 10.2. The van der Waals surface area contributed by atoms with Gasteiger partial charge in [-0.1, -0.05) is 24.6 Å². The lowest BCUT2D eigenvalue weighted by Gasteiger charge is -2.11. The summed E-state index contributed by atoms with van der Waals surface area (Å²) in [6.45, 7) is 7.27. The molecule has 3 nitrogen and oxygen atoms in total. The van der Waals surface area contributed by atoms with E-state index in [1.54, 1.807) is 0 Å². The van der Waals surface area contributed by atoms with Gasteiger partial charge in [0.05, 0.1) is 6.54 Å². The molecule has 1 N–H and O–H groups in total. The molecule has 0 spiro atoms. The minimum atomic E-state index is 0.255. The molecule has 1 atom stereocenters. The van der Waals surface area contributed by atoms with E-state index in [0.29, 0.717) is 0 Å². The highest BCUT2D eigenvalue weighted by Gasteiger charge is 2.22. The Kier molecular flexibility index (Phi) is 4.30. The molecule has 1 aliphatic rings. The average Bonchev–Trinajstić information content (AvgIpc) is 3.05. The fraction of sp³-hybridized carbons (Fsp3) is 0.444. The molecule has 0 bridgehead atoms. The van der Waals surface area contributed by atoms with Crippen LogP contribution in [0, 0.1) is 6.92 Å². The van der Waals surface area contributed by atoms with Crippen LogP contribution in [0.3, 0.4) is 0 Å². The number of aromatic nitrogens is 1. The molecule has 1 aromatic heterocycles. The van der Waals surface area contributed by atoms with E-state index in [-0.39, 0.29) is 6.10 Å². The minimum Gasteiger partial charge on any atom is -0.488 e. The maximum Gasteiger partial charge on any atom is 0.123 e. The van der Waals surface area contributed by atoms with Crippen LogP contribution in [0.1, 0.15) is 30.0 Å². The molecule has 0 aliphatic carbocycles. The lowest BCUT2D eigenvalue weighted by molar-refractivity contribution is 0.209. The van der Waals surface area contributed by atoms with Crippen molar-refractivity contribution in [3.05, 3.63) is 53.3 Å². The number of fused-ring (bicyclic) bond motifs is 1. The number of nitrogens with one attached hydrogen (secondary N) is 1. The van der Waals surface area contributed by atoms with Crippen molar-refractivity contribution in [2.45, 2.75) is 45.9 Å². The summed E-state index contributed by atoms with van der Waals surface area (Å²) in [5, 5.41) is 3.43. The highest BCUT2D eigenvalue weighted by molar-refractivity contribution is 5.40. The molecule has 3 heteroatoms. The molecule has 0 amide bonds. The van der Waals surface area contributed by atoms with E-state index in [1.165, 1.54) is 23.1 Å². The monoisotopic (exact) mass is 284 g/mol. The second-order valence-electron chi connectivity index (χ2n) is 5.95. The number of nitrogens with zero attached hydrogens (tertiary/aromatic N) is 1. The number of hydrogen-bond donors (Lipinski definition) is 1. The zero-order valence-electron chi connectivity index (χ0n) is 12.9. The van der Waals surface area contributed by atoms with Gasteiger partial charge >= 0.3 is 0 Å². The fourth-order valence-electron chi connectivity index (χ4n) is 2.90. The van der Waals surface area contributed by atoms with Crippen molar-refractivity contribution in [2.24, 2.45) is 0 Å². The molecular weight excluding hydrogens is 260 g/mol. The summed E-state index contributed by atoms with van der Waals surface area (Å²) < 4.78 is 8.28. The third-order valence-electron chi connectivity index (χ3n) is 3.94. The van der Waals surface area contributed by atoms with E-state index < -0.39 is 0 Å². The van der Waals surface area contributed by atoms with Gasteiger partial charge in [-0.25, -0.2) is 0 Å². The van der Waals surface area contributed by atoms with Crippen molar-refractivity contribution in [1.29, 1.82) is 0 Å². The Hall–Kier alpha value is -1.74. The molecule has 0 saturated heterocycles. The molecule has 2 heterocycles. The second kappa shape index (κ2) is 6.35. The summed E-state index contributed by atoms with van der Waals surface area (Å²) in [7, 11) is 0. The van der Waals surface area contributed by atoms with E-state index in [9.17, 15) is 0 Å². The van der Waals surface area contributed by atoms with Crippen molar-refractivity contribution in [3.8, 4) is 5.75 Å². The molecule has 21 heavy (non-hydrogen) atoms. The number of benzene rings is 1. The topological polar surface area (TPSA) is 26.2 Å². The highest BCUT2D eigenvalue weighted by atomic mass is 16.5. The molecule has 1 unspecified atom stereocenters. The van der Waals surface area contributed by atoms with Gasteiger partial charge in [0, 0.05) is 25.4 Å². The van der Waals surface area contributed by atoms with Gasteiger partial charge < -0.3 is 14.6 Å². The van der Waals surface area contributed by atoms with Crippen LogP contribution in [0.2, 0.25) is 0 Å². The first kappa shape index (κ1) is 14.2. The Morgan fingerprint density at radius 1 is 1.33 bits per heavy atom. The van der Waals surface area contributed by atoms with Crippen LogP contribution < -0.4 is 10.1 Å². The fourth-order valence-corrected chi connectivity index (χ4v) is 2.90. The van der Waals surface area contributed by atoms with Gasteiger partial charge in [0.2, 0.25) is 0 Å². The normalized spacial score (nSPS) is 16.8.